The summed E-state index contributed by atoms with van der Waals surface area (Å²) in [5, 5.41) is 0. The van der Waals surface area contributed by atoms with Crippen molar-refractivity contribution >= 4 is 5.78 Å². The van der Waals surface area contributed by atoms with Crippen molar-refractivity contribution < 1.29 is 14.3 Å². The summed E-state index contributed by atoms with van der Waals surface area (Å²) in [6, 6.07) is 3.64. The Hall–Kier alpha value is -1.13. The normalized spacial score (nSPS) is 11.1. The van der Waals surface area contributed by atoms with E-state index in [2.05, 4.69) is 13.8 Å². The molecule has 4 heteroatoms. The molecule has 0 aliphatic carbocycles. The highest BCUT2D eigenvalue weighted by Gasteiger charge is 2.08. The van der Waals surface area contributed by atoms with Gasteiger partial charge in [-0.15, -0.1) is 0 Å². The van der Waals surface area contributed by atoms with Crippen molar-refractivity contribution in [2.24, 2.45) is 13.0 Å². The number of ether oxygens (including phenoxy) is 2. The number of aromatic nitrogens is 1. The molecule has 1 aromatic rings. The summed E-state index contributed by atoms with van der Waals surface area (Å²) in [6.45, 7) is 6.04. The van der Waals surface area contributed by atoms with Gasteiger partial charge in [0.15, 0.2) is 0 Å². The third-order valence-corrected chi connectivity index (χ3v) is 2.29. The van der Waals surface area contributed by atoms with Crippen LogP contribution in [0.5, 0.6) is 0 Å². The molecule has 0 saturated heterocycles. The number of hydrogen-bond acceptors (Lipinski definition) is 3. The third-order valence-electron chi connectivity index (χ3n) is 2.29. The van der Waals surface area contributed by atoms with Gasteiger partial charge in [0.05, 0.1) is 18.9 Å². The zero-order chi connectivity index (χ0) is 12.7. The number of hydrogen-bond donors (Lipinski definition) is 0. The van der Waals surface area contributed by atoms with E-state index >= 15 is 0 Å². The van der Waals surface area contributed by atoms with Crippen molar-refractivity contribution in [2.45, 2.75) is 13.8 Å². The van der Waals surface area contributed by atoms with Crippen LogP contribution in [0.2, 0.25) is 0 Å². The van der Waals surface area contributed by atoms with Gasteiger partial charge in [0.1, 0.15) is 6.61 Å². The molecule has 17 heavy (non-hydrogen) atoms. The molecular formula is C13H21NO3. The molecule has 0 N–H and O–H groups in total. The predicted molar refractivity (Wildman–Crippen MR) is 66.2 cm³/mol. The average molecular weight is 239 g/mol. The molecule has 1 heterocycles. The minimum atomic E-state index is 0.00126. The predicted octanol–water partition coefficient (Wildman–Crippen LogP) is 1.90. The second-order valence-electron chi connectivity index (χ2n) is 4.45. The number of rotatable bonds is 8. The zero-order valence-corrected chi connectivity index (χ0v) is 10.8. The van der Waals surface area contributed by atoms with Gasteiger partial charge in [0.25, 0.3) is 0 Å². The van der Waals surface area contributed by atoms with E-state index in [-0.39, 0.29) is 12.4 Å². The Bertz CT molecular complexity index is 344. The van der Waals surface area contributed by atoms with Crippen molar-refractivity contribution in [2.75, 3.05) is 26.4 Å². The van der Waals surface area contributed by atoms with E-state index in [0.717, 1.165) is 6.61 Å². The van der Waals surface area contributed by atoms with Crippen LogP contribution in [0.1, 0.15) is 24.3 Å². The SMILES string of the molecule is CC(C)COCCOCC(=O)c1cccn1C. The maximum absolute atomic E-state index is 11.7. The van der Waals surface area contributed by atoms with Crippen molar-refractivity contribution in [1.82, 2.24) is 4.57 Å². The Kier molecular flexibility index (Phi) is 5.94. The Morgan fingerprint density at radius 1 is 1.35 bits per heavy atom. The number of nitrogens with zero attached hydrogens (tertiary/aromatic N) is 1. The van der Waals surface area contributed by atoms with Crippen LogP contribution in [-0.4, -0.2) is 36.8 Å². The van der Waals surface area contributed by atoms with Crippen LogP contribution in [0.3, 0.4) is 0 Å². The molecule has 0 radical (unpaired) electrons. The van der Waals surface area contributed by atoms with Gasteiger partial charge in [-0.05, 0) is 18.1 Å². The zero-order valence-electron chi connectivity index (χ0n) is 10.8. The molecule has 0 bridgehead atoms. The van der Waals surface area contributed by atoms with Crippen LogP contribution in [0.4, 0.5) is 0 Å². The van der Waals surface area contributed by atoms with Crippen molar-refractivity contribution in [3.63, 3.8) is 0 Å². The molecule has 96 valence electrons. The van der Waals surface area contributed by atoms with Crippen LogP contribution >= 0.6 is 0 Å². The summed E-state index contributed by atoms with van der Waals surface area (Å²) in [4.78, 5) is 11.7. The molecule has 0 amide bonds. The Morgan fingerprint density at radius 3 is 2.65 bits per heavy atom. The van der Waals surface area contributed by atoms with Crippen molar-refractivity contribution in [3.05, 3.63) is 24.0 Å². The molecule has 1 rings (SSSR count). The van der Waals surface area contributed by atoms with E-state index in [4.69, 9.17) is 9.47 Å². The van der Waals surface area contributed by atoms with Crippen LogP contribution in [0, 0.1) is 5.92 Å². The molecule has 0 unspecified atom stereocenters. The van der Waals surface area contributed by atoms with Crippen LogP contribution in [0.15, 0.2) is 18.3 Å². The highest BCUT2D eigenvalue weighted by Crippen LogP contribution is 2.01. The van der Waals surface area contributed by atoms with Gasteiger partial charge in [0, 0.05) is 19.9 Å². The summed E-state index contributed by atoms with van der Waals surface area (Å²) in [6.07, 6.45) is 1.85. The first-order chi connectivity index (χ1) is 8.11. The third kappa shape index (κ3) is 5.15. The van der Waals surface area contributed by atoms with Gasteiger partial charge < -0.3 is 14.0 Å². The van der Waals surface area contributed by atoms with Crippen LogP contribution < -0.4 is 0 Å². The Balaban J connectivity index is 2.11. The van der Waals surface area contributed by atoms with E-state index in [9.17, 15) is 4.79 Å². The van der Waals surface area contributed by atoms with E-state index < -0.39 is 0 Å². The number of carbonyl (C=O) groups excluding carboxylic acids is 1. The van der Waals surface area contributed by atoms with Gasteiger partial charge in [-0.1, -0.05) is 13.8 Å². The first-order valence-corrected chi connectivity index (χ1v) is 5.91. The molecule has 0 aromatic carbocycles. The van der Waals surface area contributed by atoms with E-state index in [1.54, 1.807) is 10.6 Å². The van der Waals surface area contributed by atoms with Crippen molar-refractivity contribution in [1.29, 1.82) is 0 Å². The van der Waals surface area contributed by atoms with Crippen LogP contribution in [0.25, 0.3) is 0 Å². The smallest absolute Gasteiger partial charge is 0.204 e. The first-order valence-electron chi connectivity index (χ1n) is 5.91. The first kappa shape index (κ1) is 13.9. The maximum Gasteiger partial charge on any atom is 0.204 e. The summed E-state index contributed by atoms with van der Waals surface area (Å²) in [5.74, 6) is 0.529. The minimum absolute atomic E-state index is 0.00126. The fourth-order valence-corrected chi connectivity index (χ4v) is 1.43. The molecule has 0 aliphatic heterocycles. The van der Waals surface area contributed by atoms with E-state index in [0.29, 0.717) is 24.8 Å². The summed E-state index contributed by atoms with van der Waals surface area (Å²) >= 11 is 0. The number of aryl methyl sites for hydroxylation is 1. The molecule has 1 aromatic heterocycles. The summed E-state index contributed by atoms with van der Waals surface area (Å²) in [7, 11) is 1.85. The lowest BCUT2D eigenvalue weighted by molar-refractivity contribution is 0.0361. The minimum Gasteiger partial charge on any atom is -0.379 e. The van der Waals surface area contributed by atoms with E-state index in [1.165, 1.54) is 0 Å². The highest BCUT2D eigenvalue weighted by atomic mass is 16.5. The van der Waals surface area contributed by atoms with Gasteiger partial charge >= 0.3 is 0 Å². The van der Waals surface area contributed by atoms with Gasteiger partial charge in [-0.3, -0.25) is 4.79 Å². The van der Waals surface area contributed by atoms with Gasteiger partial charge in [-0.2, -0.15) is 0 Å². The lowest BCUT2D eigenvalue weighted by Gasteiger charge is -2.07. The number of carbonyl (C=O) groups is 1. The van der Waals surface area contributed by atoms with Crippen LogP contribution in [-0.2, 0) is 16.5 Å². The average Bonchev–Trinajstić information content (AvgIpc) is 2.69. The van der Waals surface area contributed by atoms with Gasteiger partial charge in [0.2, 0.25) is 5.78 Å². The highest BCUT2D eigenvalue weighted by molar-refractivity contribution is 5.95. The maximum atomic E-state index is 11.7. The monoisotopic (exact) mass is 239 g/mol. The lowest BCUT2D eigenvalue weighted by Crippen LogP contribution is -2.15. The molecule has 0 spiro atoms. The largest absolute Gasteiger partial charge is 0.379 e. The molecular weight excluding hydrogens is 218 g/mol. The molecule has 4 nitrogen and oxygen atoms in total. The lowest BCUT2D eigenvalue weighted by atomic mass is 10.2. The molecule has 0 fully saturated rings. The topological polar surface area (TPSA) is 40.5 Å². The number of ketones is 1. The second-order valence-corrected chi connectivity index (χ2v) is 4.45. The second kappa shape index (κ2) is 7.25. The Morgan fingerprint density at radius 2 is 2.06 bits per heavy atom. The number of Topliss-reactive ketones (excluding diaryl/α,β-unsaturated/α-hetero) is 1. The Labute approximate surface area is 103 Å². The standard InChI is InChI=1S/C13H21NO3/c1-11(2)9-16-7-8-17-10-13(15)12-5-4-6-14(12)3/h4-6,11H,7-10H2,1-3H3. The quantitative estimate of drug-likeness (QED) is 0.514. The van der Waals surface area contributed by atoms with E-state index in [1.807, 2.05) is 19.3 Å². The molecule has 0 aliphatic rings. The molecule has 0 atom stereocenters. The summed E-state index contributed by atoms with van der Waals surface area (Å²) < 4.78 is 12.4. The summed E-state index contributed by atoms with van der Waals surface area (Å²) in [5.41, 5.74) is 0.674. The van der Waals surface area contributed by atoms with Crippen molar-refractivity contribution in [3.8, 4) is 0 Å². The van der Waals surface area contributed by atoms with Gasteiger partial charge in [-0.25, -0.2) is 0 Å². The molecule has 0 saturated carbocycles. The fourth-order valence-electron chi connectivity index (χ4n) is 1.43. The fraction of sp³-hybridized carbons (Fsp3) is 0.615.